The van der Waals surface area contributed by atoms with Crippen LogP contribution in [0, 0.1) is 0 Å². The number of nitrogens with zero attached hydrogens (tertiary/aromatic N) is 2. The number of hydrogen-bond donors (Lipinski definition) is 1. The highest BCUT2D eigenvalue weighted by atomic mass is 32.2. The van der Waals surface area contributed by atoms with Crippen molar-refractivity contribution in [1.29, 1.82) is 0 Å². The summed E-state index contributed by atoms with van der Waals surface area (Å²) in [5, 5.41) is 0. The maximum Gasteiger partial charge on any atom is 0.341 e. The molecule has 1 amide bonds. The summed E-state index contributed by atoms with van der Waals surface area (Å²) in [6.07, 6.45) is 1.71. The molecule has 0 saturated carbocycles. The van der Waals surface area contributed by atoms with Crippen molar-refractivity contribution in [3.63, 3.8) is 0 Å². The fraction of sp³-hybridized carbons (Fsp3) is 0.300. The molecule has 1 aliphatic heterocycles. The van der Waals surface area contributed by atoms with Gasteiger partial charge in [0.2, 0.25) is 9.84 Å². The van der Waals surface area contributed by atoms with Crippen molar-refractivity contribution in [3.05, 3.63) is 59.9 Å². The van der Waals surface area contributed by atoms with E-state index < -0.39 is 20.5 Å². The molecule has 0 bridgehead atoms. The zero-order chi connectivity index (χ0) is 20.6. The SMILES string of the molecule is O=C(c1ccc(S(=O)(=O)C(F)F)cc1)N1CCCC(c2nc3ccccc3[nH]2)C1. The molecule has 0 spiro atoms. The van der Waals surface area contributed by atoms with Gasteiger partial charge in [-0.1, -0.05) is 12.1 Å². The van der Waals surface area contributed by atoms with Gasteiger partial charge in [0, 0.05) is 24.6 Å². The molecular formula is C20H19F2N3O3S. The number of rotatable bonds is 4. The minimum absolute atomic E-state index is 0.0681. The van der Waals surface area contributed by atoms with Crippen molar-refractivity contribution in [2.75, 3.05) is 13.1 Å². The van der Waals surface area contributed by atoms with Crippen molar-refractivity contribution in [2.24, 2.45) is 0 Å². The normalized spacial score (nSPS) is 17.8. The third-order valence-electron chi connectivity index (χ3n) is 5.17. The second kappa shape index (κ2) is 7.55. The predicted octanol–water partition coefficient (Wildman–Crippen LogP) is 3.58. The van der Waals surface area contributed by atoms with Crippen molar-refractivity contribution < 1.29 is 22.0 Å². The Morgan fingerprint density at radius 2 is 1.86 bits per heavy atom. The largest absolute Gasteiger partial charge is 0.342 e. The predicted molar refractivity (Wildman–Crippen MR) is 104 cm³/mol. The first-order valence-electron chi connectivity index (χ1n) is 9.22. The van der Waals surface area contributed by atoms with Crippen LogP contribution in [0.1, 0.15) is 34.9 Å². The number of alkyl halides is 2. The number of aromatic nitrogens is 2. The first-order valence-corrected chi connectivity index (χ1v) is 10.8. The van der Waals surface area contributed by atoms with Crippen LogP contribution in [0.25, 0.3) is 11.0 Å². The lowest BCUT2D eigenvalue weighted by Crippen LogP contribution is -2.39. The van der Waals surface area contributed by atoms with E-state index >= 15 is 0 Å². The number of fused-ring (bicyclic) bond motifs is 1. The molecule has 0 aliphatic carbocycles. The Labute approximate surface area is 166 Å². The zero-order valence-corrected chi connectivity index (χ0v) is 16.2. The number of piperidine rings is 1. The Morgan fingerprint density at radius 1 is 1.14 bits per heavy atom. The third-order valence-corrected chi connectivity index (χ3v) is 6.57. The molecule has 1 fully saturated rings. The van der Waals surface area contributed by atoms with E-state index in [9.17, 15) is 22.0 Å². The molecule has 1 atom stereocenters. The molecule has 29 heavy (non-hydrogen) atoms. The van der Waals surface area contributed by atoms with Crippen LogP contribution in [0.3, 0.4) is 0 Å². The first-order chi connectivity index (χ1) is 13.9. The molecule has 1 N–H and O–H groups in total. The maximum absolute atomic E-state index is 12.8. The van der Waals surface area contributed by atoms with E-state index in [1.807, 2.05) is 24.3 Å². The first kappa shape index (κ1) is 19.5. The number of benzene rings is 2. The van der Waals surface area contributed by atoms with Crippen LogP contribution in [0.2, 0.25) is 0 Å². The molecule has 6 nitrogen and oxygen atoms in total. The van der Waals surface area contributed by atoms with E-state index in [4.69, 9.17) is 0 Å². The summed E-state index contributed by atoms with van der Waals surface area (Å²) >= 11 is 0. The molecule has 1 saturated heterocycles. The zero-order valence-electron chi connectivity index (χ0n) is 15.4. The number of hydrogen-bond acceptors (Lipinski definition) is 4. The quantitative estimate of drug-likeness (QED) is 0.701. The van der Waals surface area contributed by atoms with E-state index in [0.717, 1.165) is 41.8 Å². The van der Waals surface area contributed by atoms with E-state index in [2.05, 4.69) is 9.97 Å². The highest BCUT2D eigenvalue weighted by molar-refractivity contribution is 7.91. The number of halogens is 2. The summed E-state index contributed by atoms with van der Waals surface area (Å²) in [7, 11) is -4.67. The van der Waals surface area contributed by atoms with E-state index in [0.29, 0.717) is 13.1 Å². The molecule has 1 aromatic heterocycles. The van der Waals surface area contributed by atoms with Gasteiger partial charge in [0.1, 0.15) is 5.82 Å². The fourth-order valence-electron chi connectivity index (χ4n) is 3.62. The monoisotopic (exact) mass is 419 g/mol. The van der Waals surface area contributed by atoms with Crippen LogP contribution in [0.5, 0.6) is 0 Å². The summed E-state index contributed by atoms with van der Waals surface area (Å²) in [4.78, 5) is 22.0. The molecule has 2 heterocycles. The van der Waals surface area contributed by atoms with Crippen molar-refractivity contribution in [2.45, 2.75) is 29.4 Å². The molecule has 152 valence electrons. The lowest BCUT2D eigenvalue weighted by molar-refractivity contribution is 0.0705. The Balaban J connectivity index is 1.51. The van der Waals surface area contributed by atoms with Gasteiger partial charge in [-0.2, -0.15) is 8.78 Å². The van der Waals surface area contributed by atoms with Gasteiger partial charge in [0.25, 0.3) is 5.91 Å². The Bertz CT molecular complexity index is 1110. The number of carbonyl (C=O) groups excluding carboxylic acids is 1. The van der Waals surface area contributed by atoms with Gasteiger partial charge in [-0.05, 0) is 49.2 Å². The molecule has 3 aromatic rings. The van der Waals surface area contributed by atoms with Gasteiger partial charge >= 0.3 is 5.76 Å². The van der Waals surface area contributed by atoms with E-state index in [-0.39, 0.29) is 17.4 Å². The topological polar surface area (TPSA) is 83.1 Å². The second-order valence-corrected chi connectivity index (χ2v) is 8.98. The Kier molecular flexibility index (Phi) is 5.08. The number of H-pyrrole nitrogens is 1. The number of likely N-dealkylation sites (tertiary alicyclic amines) is 1. The maximum atomic E-state index is 12.8. The summed E-state index contributed by atoms with van der Waals surface area (Å²) in [5.41, 5.74) is 2.09. The molecule has 1 unspecified atom stereocenters. The molecule has 4 rings (SSSR count). The summed E-state index contributed by atoms with van der Waals surface area (Å²) in [6.45, 7) is 1.06. The lowest BCUT2D eigenvalue weighted by atomic mass is 9.96. The minimum atomic E-state index is -4.67. The molecule has 1 aliphatic rings. The number of aromatic amines is 1. The summed E-state index contributed by atoms with van der Waals surface area (Å²) in [6, 6.07) is 12.4. The molecule has 2 aromatic carbocycles. The average Bonchev–Trinajstić information content (AvgIpc) is 3.18. The Hall–Kier alpha value is -2.81. The number of carbonyl (C=O) groups is 1. The van der Waals surface area contributed by atoms with Gasteiger partial charge in [-0.15, -0.1) is 0 Å². The van der Waals surface area contributed by atoms with Crippen molar-refractivity contribution >= 4 is 26.8 Å². The summed E-state index contributed by atoms with van der Waals surface area (Å²) < 4.78 is 48.4. The number of para-hydroxylation sites is 2. The van der Waals surface area contributed by atoms with Gasteiger partial charge in [-0.25, -0.2) is 13.4 Å². The third kappa shape index (κ3) is 3.74. The lowest BCUT2D eigenvalue weighted by Gasteiger charge is -2.32. The minimum Gasteiger partial charge on any atom is -0.342 e. The van der Waals surface area contributed by atoms with Crippen molar-refractivity contribution in [1.82, 2.24) is 14.9 Å². The average molecular weight is 419 g/mol. The van der Waals surface area contributed by atoms with Crippen LogP contribution in [-0.4, -0.2) is 48.0 Å². The van der Waals surface area contributed by atoms with Crippen molar-refractivity contribution in [3.8, 4) is 0 Å². The van der Waals surface area contributed by atoms with E-state index in [1.165, 1.54) is 12.1 Å². The smallest absolute Gasteiger partial charge is 0.341 e. The van der Waals surface area contributed by atoms with Crippen LogP contribution in [0.4, 0.5) is 8.78 Å². The van der Waals surface area contributed by atoms with E-state index in [1.54, 1.807) is 4.90 Å². The number of nitrogens with one attached hydrogen (secondary N) is 1. The van der Waals surface area contributed by atoms with Gasteiger partial charge in [0.15, 0.2) is 0 Å². The van der Waals surface area contributed by atoms with Gasteiger partial charge in [0.05, 0.1) is 15.9 Å². The number of imidazole rings is 1. The van der Waals surface area contributed by atoms with Gasteiger partial charge in [-0.3, -0.25) is 4.79 Å². The highest BCUT2D eigenvalue weighted by Crippen LogP contribution is 2.28. The second-order valence-electron chi connectivity index (χ2n) is 7.06. The standard InChI is InChI=1S/C20H19F2N3O3S/c21-20(22)29(27,28)15-9-7-13(8-10-15)19(26)25-11-3-4-14(12-25)18-23-16-5-1-2-6-17(16)24-18/h1-2,5-10,14,20H,3-4,11-12H2,(H,23,24). The van der Waals surface area contributed by atoms with Crippen LogP contribution < -0.4 is 0 Å². The van der Waals surface area contributed by atoms with Crippen LogP contribution >= 0.6 is 0 Å². The molecular weight excluding hydrogens is 400 g/mol. The highest BCUT2D eigenvalue weighted by Gasteiger charge is 2.29. The number of amides is 1. The van der Waals surface area contributed by atoms with Gasteiger partial charge < -0.3 is 9.88 Å². The number of sulfone groups is 1. The summed E-state index contributed by atoms with van der Waals surface area (Å²) in [5.74, 6) is -2.84. The van der Waals surface area contributed by atoms with Crippen LogP contribution in [-0.2, 0) is 9.84 Å². The Morgan fingerprint density at radius 3 is 2.55 bits per heavy atom. The fourth-order valence-corrected chi connectivity index (χ4v) is 4.34. The molecule has 9 heteroatoms. The molecule has 0 radical (unpaired) electrons. The van der Waals surface area contributed by atoms with Crippen LogP contribution in [0.15, 0.2) is 53.4 Å².